The molecule has 0 radical (unpaired) electrons. The van der Waals surface area contributed by atoms with Gasteiger partial charge in [0.25, 0.3) is 0 Å². The van der Waals surface area contributed by atoms with Crippen molar-refractivity contribution in [1.82, 2.24) is 0 Å². The fourth-order valence-electron chi connectivity index (χ4n) is 8.67. The van der Waals surface area contributed by atoms with Crippen molar-refractivity contribution in [3.63, 3.8) is 0 Å². The Morgan fingerprint density at radius 3 is 1.02 bits per heavy atom. The van der Waals surface area contributed by atoms with Crippen LogP contribution in [0.25, 0.3) is 55.7 Å². The third-order valence-electron chi connectivity index (χ3n) is 11.0. The van der Waals surface area contributed by atoms with Gasteiger partial charge in [-0.2, -0.15) is 0 Å². The summed E-state index contributed by atoms with van der Waals surface area (Å²) in [6, 6.07) is 30.1. The second-order valence-corrected chi connectivity index (χ2v) is 14.8. The Bertz CT molecular complexity index is 2360. The van der Waals surface area contributed by atoms with E-state index in [1.54, 1.807) is 0 Å². The summed E-state index contributed by atoms with van der Waals surface area (Å²) in [5, 5.41) is 0. The number of allylic oxidation sites excluding steroid dienone is 18. The van der Waals surface area contributed by atoms with Gasteiger partial charge in [0.15, 0.2) is 0 Å². The molecule has 6 aliphatic rings. The Morgan fingerprint density at radius 2 is 0.714 bits per heavy atom. The summed E-state index contributed by atoms with van der Waals surface area (Å²) in [5.74, 6) is 0. The van der Waals surface area contributed by atoms with E-state index < -0.39 is 0 Å². The number of halogens is 2. The van der Waals surface area contributed by atoms with Crippen LogP contribution in [-0.4, -0.2) is 0 Å². The molecule has 0 aromatic heterocycles. The van der Waals surface area contributed by atoms with E-state index in [-0.39, 0.29) is 77.2 Å². The molecule has 0 spiro atoms. The molecule has 0 bridgehead atoms. The standard InChI is InChI=1S/2C26H21.2ClH.2Zr/c2*1-17(2)26-21-14-8-7-13-20(21)24-15-22(18-9-3-4-10-18)23(16-25(24)26)19-11-5-6-12-19;;;;/h2*3-9,11,13-15H,10,12H2,1-2H3;2*1H;;/q2*-1;;;2*+2/p-2. The summed E-state index contributed by atoms with van der Waals surface area (Å²) in [5.41, 5.74) is 26.8. The van der Waals surface area contributed by atoms with E-state index in [1.807, 2.05) is 0 Å². The van der Waals surface area contributed by atoms with Crippen molar-refractivity contribution in [2.75, 3.05) is 0 Å². The van der Waals surface area contributed by atoms with Crippen LogP contribution in [-0.2, 0) is 52.4 Å². The van der Waals surface area contributed by atoms with Crippen molar-refractivity contribution >= 4 is 33.4 Å². The van der Waals surface area contributed by atoms with E-state index in [2.05, 4.69) is 173 Å². The molecule has 4 aromatic carbocycles. The Hall–Kier alpha value is -3.37. The van der Waals surface area contributed by atoms with Crippen LogP contribution < -0.4 is 24.8 Å². The first-order valence-electron chi connectivity index (χ1n) is 18.7. The first kappa shape index (κ1) is 43.7. The van der Waals surface area contributed by atoms with Gasteiger partial charge in [-0.15, -0.1) is 68.8 Å². The molecular weight excluding hydrogens is 878 g/mol. The average Bonchev–Trinajstić information content (AvgIpc) is 4.02. The molecule has 0 atom stereocenters. The van der Waals surface area contributed by atoms with E-state index in [9.17, 15) is 0 Å². The Balaban J connectivity index is 0.000000200. The summed E-state index contributed by atoms with van der Waals surface area (Å²) >= 11 is 0. The molecule has 0 heterocycles. The summed E-state index contributed by atoms with van der Waals surface area (Å²) in [6.07, 6.45) is 30.6. The second-order valence-electron chi connectivity index (χ2n) is 14.8. The van der Waals surface area contributed by atoms with Crippen LogP contribution in [0, 0.1) is 12.1 Å². The minimum Gasteiger partial charge on any atom is -1.00 e. The Labute approximate surface area is 384 Å². The number of benzene rings is 4. The van der Waals surface area contributed by atoms with Gasteiger partial charge in [-0.25, -0.2) is 0 Å². The topological polar surface area (TPSA) is 0 Å². The Morgan fingerprint density at radius 1 is 0.393 bits per heavy atom. The normalized spacial score (nSPS) is 15.4. The molecule has 0 fully saturated rings. The molecule has 0 saturated heterocycles. The molecule has 6 aliphatic carbocycles. The summed E-state index contributed by atoms with van der Waals surface area (Å²) < 4.78 is 0. The minimum absolute atomic E-state index is 0. The monoisotopic (exact) mass is 916 g/mol. The number of hydrogen-bond donors (Lipinski definition) is 0. The summed E-state index contributed by atoms with van der Waals surface area (Å²) in [7, 11) is 0. The van der Waals surface area contributed by atoms with Gasteiger partial charge in [-0.05, 0) is 25.7 Å². The molecule has 4 aromatic rings. The molecule has 0 aliphatic heterocycles. The molecular formula is C52H42Cl2Zr2. The van der Waals surface area contributed by atoms with Gasteiger partial charge in [0, 0.05) is 0 Å². The SMILES string of the molecule is CC(C)=C1c2[c-]c(C3=CC=CC3)c(C3=CC=CC3)cc2-c2ccccc21.CC(C)=C1c2[c-]c(C3=CC=CC3)c(C3=CC=CC3)cc2-c2ccccc21.[Cl-].[Cl-].[Zr+2].[Zr+2]. The third kappa shape index (κ3) is 7.78. The Kier molecular flexibility index (Phi) is 14.4. The summed E-state index contributed by atoms with van der Waals surface area (Å²) in [4.78, 5) is 0. The fourth-order valence-corrected chi connectivity index (χ4v) is 8.67. The van der Waals surface area contributed by atoms with Crippen LogP contribution in [0.5, 0.6) is 0 Å². The fraction of sp³-hybridized carbons (Fsp3) is 0.154. The maximum absolute atomic E-state index is 3.86. The van der Waals surface area contributed by atoms with Crippen LogP contribution >= 0.6 is 0 Å². The molecule has 4 heteroatoms. The van der Waals surface area contributed by atoms with Gasteiger partial charge in [-0.1, -0.05) is 216 Å². The van der Waals surface area contributed by atoms with E-state index in [4.69, 9.17) is 0 Å². The third-order valence-corrected chi connectivity index (χ3v) is 11.0. The number of fused-ring (bicyclic) bond motifs is 6. The minimum atomic E-state index is 0. The molecule has 0 saturated carbocycles. The van der Waals surface area contributed by atoms with Gasteiger partial charge in [0.2, 0.25) is 0 Å². The number of rotatable bonds is 4. The van der Waals surface area contributed by atoms with Crippen molar-refractivity contribution in [3.05, 3.63) is 201 Å². The number of hydrogen-bond acceptors (Lipinski definition) is 0. The largest absolute Gasteiger partial charge is 2.00 e. The molecule has 10 rings (SSSR count). The van der Waals surface area contributed by atoms with E-state index in [0.29, 0.717) is 0 Å². The van der Waals surface area contributed by atoms with Crippen molar-refractivity contribution in [3.8, 4) is 22.3 Å². The van der Waals surface area contributed by atoms with Gasteiger partial charge in [0.05, 0.1) is 0 Å². The molecule has 0 N–H and O–H groups in total. The molecule has 0 nitrogen and oxygen atoms in total. The summed E-state index contributed by atoms with van der Waals surface area (Å²) in [6.45, 7) is 8.84. The zero-order valence-electron chi connectivity index (χ0n) is 32.3. The zero-order chi connectivity index (χ0) is 35.3. The molecule has 0 amide bonds. The van der Waals surface area contributed by atoms with Crippen LogP contribution in [0.1, 0.15) is 97.9 Å². The van der Waals surface area contributed by atoms with Gasteiger partial charge < -0.3 is 24.8 Å². The zero-order valence-corrected chi connectivity index (χ0v) is 38.7. The van der Waals surface area contributed by atoms with Crippen LogP contribution in [0.3, 0.4) is 0 Å². The first-order chi connectivity index (χ1) is 25.5. The average molecular weight is 920 g/mol. The second kappa shape index (κ2) is 18.5. The van der Waals surface area contributed by atoms with E-state index in [0.717, 1.165) is 25.7 Å². The predicted molar refractivity (Wildman–Crippen MR) is 223 cm³/mol. The predicted octanol–water partition coefficient (Wildman–Crippen LogP) is 7.99. The van der Waals surface area contributed by atoms with Crippen molar-refractivity contribution in [1.29, 1.82) is 0 Å². The maximum Gasteiger partial charge on any atom is 2.00 e. The van der Waals surface area contributed by atoms with Crippen molar-refractivity contribution < 1.29 is 77.2 Å². The van der Waals surface area contributed by atoms with E-state index in [1.165, 1.54) is 111 Å². The molecule has 0 unspecified atom stereocenters. The van der Waals surface area contributed by atoms with Gasteiger partial charge in [-0.3, -0.25) is 0 Å². The van der Waals surface area contributed by atoms with E-state index >= 15 is 0 Å². The van der Waals surface area contributed by atoms with Crippen LogP contribution in [0.15, 0.2) is 145 Å². The quantitative estimate of drug-likeness (QED) is 0.158. The molecule has 56 heavy (non-hydrogen) atoms. The van der Waals surface area contributed by atoms with Gasteiger partial charge >= 0.3 is 52.4 Å². The van der Waals surface area contributed by atoms with Crippen LogP contribution in [0.2, 0.25) is 0 Å². The first-order valence-corrected chi connectivity index (χ1v) is 18.7. The van der Waals surface area contributed by atoms with Crippen LogP contribution in [0.4, 0.5) is 0 Å². The van der Waals surface area contributed by atoms with Crippen molar-refractivity contribution in [2.45, 2.75) is 53.4 Å². The maximum atomic E-state index is 3.86. The van der Waals surface area contributed by atoms with Gasteiger partial charge in [0.1, 0.15) is 0 Å². The smallest absolute Gasteiger partial charge is 1.00 e. The van der Waals surface area contributed by atoms with Crippen molar-refractivity contribution in [2.24, 2.45) is 0 Å². The molecule has 272 valence electrons.